The lowest BCUT2D eigenvalue weighted by atomic mass is 10.1. The Hall–Kier alpha value is -2.36. The highest BCUT2D eigenvalue weighted by Crippen LogP contribution is 2.33. The molecule has 1 N–H and O–H groups in total. The number of hydrogen-bond donors (Lipinski definition) is 1. The van der Waals surface area contributed by atoms with Crippen molar-refractivity contribution in [3.8, 4) is 0 Å². The van der Waals surface area contributed by atoms with Crippen LogP contribution in [-0.2, 0) is 6.42 Å². The number of nitrogens with one attached hydrogen (secondary N) is 1. The number of aromatic nitrogens is 1. The molecule has 21 heavy (non-hydrogen) atoms. The Kier molecular flexibility index (Phi) is 3.60. The van der Waals surface area contributed by atoms with Crippen molar-refractivity contribution in [3.05, 3.63) is 53.7 Å². The van der Waals surface area contributed by atoms with E-state index in [2.05, 4.69) is 23.3 Å². The lowest BCUT2D eigenvalue weighted by Gasteiger charge is -2.23. The molecule has 0 spiro atoms. The smallest absolute Gasteiger partial charge is 0.262 e. The predicted octanol–water partition coefficient (Wildman–Crippen LogP) is 3.10. The van der Waals surface area contributed by atoms with E-state index in [1.54, 1.807) is 12.3 Å². The predicted molar refractivity (Wildman–Crippen MR) is 84.8 cm³/mol. The second-order valence-electron chi connectivity index (χ2n) is 5.29. The summed E-state index contributed by atoms with van der Waals surface area (Å²) in [4.78, 5) is 19.1. The van der Waals surface area contributed by atoms with Crippen molar-refractivity contribution in [1.29, 1.82) is 0 Å². The molecule has 1 atom stereocenters. The van der Waals surface area contributed by atoms with E-state index >= 15 is 0 Å². The van der Waals surface area contributed by atoms with Crippen molar-refractivity contribution in [2.24, 2.45) is 0 Å². The number of hydrogen-bond acceptors (Lipinski definition) is 3. The Morgan fingerprint density at radius 3 is 2.95 bits per heavy atom. The van der Waals surface area contributed by atoms with E-state index in [1.165, 1.54) is 5.56 Å². The molecule has 108 valence electrons. The number of carbonyl (C=O) groups is 1. The van der Waals surface area contributed by atoms with Crippen LogP contribution in [0.2, 0.25) is 0 Å². The number of fused-ring (bicyclic) bond motifs is 1. The lowest BCUT2D eigenvalue weighted by molar-refractivity contribution is 0.0982. The SMILES string of the molecule is CCNc1ncccc1C(=O)N1c2ccccc2CC1C. The van der Waals surface area contributed by atoms with Crippen LogP contribution in [0.4, 0.5) is 11.5 Å². The van der Waals surface area contributed by atoms with Crippen molar-refractivity contribution in [3.63, 3.8) is 0 Å². The van der Waals surface area contributed by atoms with Gasteiger partial charge in [-0.1, -0.05) is 18.2 Å². The normalized spacial score (nSPS) is 16.7. The van der Waals surface area contributed by atoms with E-state index < -0.39 is 0 Å². The molecule has 1 aromatic carbocycles. The summed E-state index contributed by atoms with van der Waals surface area (Å²) < 4.78 is 0. The van der Waals surface area contributed by atoms with Gasteiger partial charge in [-0.2, -0.15) is 0 Å². The minimum atomic E-state index is 0.0106. The van der Waals surface area contributed by atoms with E-state index in [4.69, 9.17) is 0 Å². The highest BCUT2D eigenvalue weighted by molar-refractivity contribution is 6.10. The topological polar surface area (TPSA) is 45.2 Å². The third kappa shape index (κ3) is 2.37. The molecule has 0 saturated heterocycles. The van der Waals surface area contributed by atoms with Gasteiger partial charge in [0.1, 0.15) is 5.82 Å². The zero-order valence-corrected chi connectivity index (χ0v) is 12.3. The summed E-state index contributed by atoms with van der Waals surface area (Å²) in [6.45, 7) is 4.82. The van der Waals surface area contributed by atoms with Crippen LogP contribution in [-0.4, -0.2) is 23.5 Å². The first kappa shape index (κ1) is 13.6. The number of amides is 1. The zero-order chi connectivity index (χ0) is 14.8. The molecule has 4 nitrogen and oxygen atoms in total. The summed E-state index contributed by atoms with van der Waals surface area (Å²) >= 11 is 0. The largest absolute Gasteiger partial charge is 0.370 e. The molecule has 0 saturated carbocycles. The van der Waals surface area contributed by atoms with Crippen molar-refractivity contribution in [2.45, 2.75) is 26.3 Å². The number of nitrogens with zero attached hydrogens (tertiary/aromatic N) is 2. The van der Waals surface area contributed by atoms with Crippen LogP contribution in [0, 0.1) is 0 Å². The fourth-order valence-electron chi connectivity index (χ4n) is 2.89. The molecule has 1 aliphatic rings. The average Bonchev–Trinajstić information content (AvgIpc) is 2.83. The third-order valence-corrected chi connectivity index (χ3v) is 3.81. The average molecular weight is 281 g/mol. The number of pyridine rings is 1. The van der Waals surface area contributed by atoms with Crippen molar-refractivity contribution < 1.29 is 4.79 Å². The van der Waals surface area contributed by atoms with Crippen LogP contribution in [0.1, 0.15) is 29.8 Å². The molecule has 1 aliphatic heterocycles. The van der Waals surface area contributed by atoms with Crippen LogP contribution in [0.15, 0.2) is 42.6 Å². The molecule has 2 aromatic rings. The first-order valence-electron chi connectivity index (χ1n) is 7.32. The van der Waals surface area contributed by atoms with Crippen LogP contribution >= 0.6 is 0 Å². The summed E-state index contributed by atoms with van der Waals surface area (Å²) in [6.07, 6.45) is 2.61. The molecule has 0 aliphatic carbocycles. The van der Waals surface area contributed by atoms with Gasteiger partial charge in [0, 0.05) is 24.5 Å². The van der Waals surface area contributed by atoms with Gasteiger partial charge in [-0.3, -0.25) is 4.79 Å². The number of benzene rings is 1. The molecule has 2 heterocycles. The summed E-state index contributed by atoms with van der Waals surface area (Å²) in [5, 5.41) is 3.16. The Morgan fingerprint density at radius 2 is 2.14 bits per heavy atom. The lowest BCUT2D eigenvalue weighted by Crippen LogP contribution is -2.36. The van der Waals surface area contributed by atoms with Gasteiger partial charge in [-0.05, 0) is 44.0 Å². The Labute approximate surface area is 124 Å². The van der Waals surface area contributed by atoms with Gasteiger partial charge in [0.15, 0.2) is 0 Å². The Morgan fingerprint density at radius 1 is 1.33 bits per heavy atom. The monoisotopic (exact) mass is 281 g/mol. The number of anilines is 2. The minimum absolute atomic E-state index is 0.0106. The van der Waals surface area contributed by atoms with Gasteiger partial charge in [-0.15, -0.1) is 0 Å². The van der Waals surface area contributed by atoms with Gasteiger partial charge in [0.2, 0.25) is 0 Å². The fraction of sp³-hybridized carbons (Fsp3) is 0.294. The van der Waals surface area contributed by atoms with Gasteiger partial charge < -0.3 is 10.2 Å². The molecule has 1 amide bonds. The molecule has 1 aromatic heterocycles. The van der Waals surface area contributed by atoms with Crippen molar-refractivity contribution >= 4 is 17.4 Å². The van der Waals surface area contributed by atoms with Gasteiger partial charge in [0.25, 0.3) is 5.91 Å². The van der Waals surface area contributed by atoms with Crippen LogP contribution < -0.4 is 10.2 Å². The van der Waals surface area contributed by atoms with Gasteiger partial charge >= 0.3 is 0 Å². The standard InChI is InChI=1S/C17H19N3O/c1-3-18-16-14(8-6-10-19-16)17(21)20-12(2)11-13-7-4-5-9-15(13)20/h4-10,12H,3,11H2,1-2H3,(H,18,19). The number of rotatable bonds is 3. The molecule has 0 fully saturated rings. The summed E-state index contributed by atoms with van der Waals surface area (Å²) in [5.41, 5.74) is 2.87. The quantitative estimate of drug-likeness (QED) is 0.940. The second-order valence-corrected chi connectivity index (χ2v) is 5.29. The van der Waals surface area contributed by atoms with Crippen molar-refractivity contribution in [2.75, 3.05) is 16.8 Å². The maximum absolute atomic E-state index is 13.0. The van der Waals surface area contributed by atoms with Gasteiger partial charge in [0.05, 0.1) is 5.56 Å². The first-order chi connectivity index (χ1) is 10.2. The molecule has 4 heteroatoms. The van der Waals surface area contributed by atoms with E-state index in [-0.39, 0.29) is 11.9 Å². The van der Waals surface area contributed by atoms with E-state index in [9.17, 15) is 4.79 Å². The van der Waals surface area contributed by atoms with E-state index in [0.29, 0.717) is 11.4 Å². The van der Waals surface area contributed by atoms with Gasteiger partial charge in [-0.25, -0.2) is 4.98 Å². The first-order valence-corrected chi connectivity index (χ1v) is 7.32. The Balaban J connectivity index is 2.00. The number of carbonyl (C=O) groups excluding carboxylic acids is 1. The highest BCUT2D eigenvalue weighted by atomic mass is 16.2. The minimum Gasteiger partial charge on any atom is -0.370 e. The summed E-state index contributed by atoms with van der Waals surface area (Å²) in [7, 11) is 0. The summed E-state index contributed by atoms with van der Waals surface area (Å²) in [5.74, 6) is 0.665. The van der Waals surface area contributed by atoms with Crippen LogP contribution in [0.3, 0.4) is 0 Å². The molecular formula is C17H19N3O. The number of para-hydroxylation sites is 1. The molecule has 0 bridgehead atoms. The van der Waals surface area contributed by atoms with E-state index in [1.807, 2.05) is 36.1 Å². The second kappa shape index (κ2) is 5.56. The summed E-state index contributed by atoms with van der Waals surface area (Å²) in [6, 6.07) is 11.9. The maximum atomic E-state index is 13.0. The third-order valence-electron chi connectivity index (χ3n) is 3.81. The van der Waals surface area contributed by atoms with Crippen molar-refractivity contribution in [1.82, 2.24) is 4.98 Å². The van der Waals surface area contributed by atoms with E-state index in [0.717, 1.165) is 18.7 Å². The molecule has 0 radical (unpaired) electrons. The van der Waals surface area contributed by atoms with Crippen LogP contribution in [0.5, 0.6) is 0 Å². The Bertz CT molecular complexity index is 669. The molecular weight excluding hydrogens is 262 g/mol. The fourth-order valence-corrected chi connectivity index (χ4v) is 2.89. The molecule has 3 rings (SSSR count). The zero-order valence-electron chi connectivity index (χ0n) is 12.3. The highest BCUT2D eigenvalue weighted by Gasteiger charge is 2.32. The van der Waals surface area contributed by atoms with Crippen LogP contribution in [0.25, 0.3) is 0 Å². The molecule has 1 unspecified atom stereocenters. The maximum Gasteiger partial charge on any atom is 0.262 e.